The van der Waals surface area contributed by atoms with Crippen molar-refractivity contribution in [3.8, 4) is 0 Å². The molecule has 0 saturated heterocycles. The SMILES string of the molecule is COC(=O)CCNC(=O)NC1(C(=O)O)CCCCCC1. The zero-order valence-corrected chi connectivity index (χ0v) is 11.7. The molecule has 1 rings (SSSR count). The van der Waals surface area contributed by atoms with Crippen LogP contribution in [0.1, 0.15) is 44.9 Å². The van der Waals surface area contributed by atoms with E-state index >= 15 is 0 Å². The molecular weight excluding hydrogens is 264 g/mol. The highest BCUT2D eigenvalue weighted by Gasteiger charge is 2.39. The van der Waals surface area contributed by atoms with E-state index in [-0.39, 0.29) is 13.0 Å². The van der Waals surface area contributed by atoms with Crippen molar-refractivity contribution in [2.24, 2.45) is 0 Å². The van der Waals surface area contributed by atoms with Crippen molar-refractivity contribution < 1.29 is 24.2 Å². The zero-order valence-electron chi connectivity index (χ0n) is 11.7. The summed E-state index contributed by atoms with van der Waals surface area (Å²) in [5.74, 6) is -1.42. The van der Waals surface area contributed by atoms with E-state index in [1.54, 1.807) is 0 Å². The average molecular weight is 286 g/mol. The summed E-state index contributed by atoms with van der Waals surface area (Å²) in [7, 11) is 1.27. The van der Waals surface area contributed by atoms with Gasteiger partial charge in [0, 0.05) is 6.54 Å². The molecule has 0 aromatic carbocycles. The number of carbonyl (C=O) groups excluding carboxylic acids is 2. The molecule has 20 heavy (non-hydrogen) atoms. The fourth-order valence-corrected chi connectivity index (χ4v) is 2.37. The summed E-state index contributed by atoms with van der Waals surface area (Å²) in [5, 5.41) is 14.4. The summed E-state index contributed by atoms with van der Waals surface area (Å²) in [5.41, 5.74) is -1.19. The number of aliphatic carboxylic acids is 1. The Kier molecular flexibility index (Phi) is 6.27. The van der Waals surface area contributed by atoms with Crippen LogP contribution >= 0.6 is 0 Å². The molecule has 7 nitrogen and oxygen atoms in total. The fourth-order valence-electron chi connectivity index (χ4n) is 2.37. The topological polar surface area (TPSA) is 105 Å². The number of amides is 2. The Morgan fingerprint density at radius 1 is 1.15 bits per heavy atom. The molecule has 0 bridgehead atoms. The molecule has 0 spiro atoms. The van der Waals surface area contributed by atoms with Gasteiger partial charge in [0.2, 0.25) is 0 Å². The number of esters is 1. The van der Waals surface area contributed by atoms with Gasteiger partial charge in [0.15, 0.2) is 0 Å². The lowest BCUT2D eigenvalue weighted by Crippen LogP contribution is -2.57. The summed E-state index contributed by atoms with van der Waals surface area (Å²) in [4.78, 5) is 34.2. The van der Waals surface area contributed by atoms with Crippen LogP contribution in [0.3, 0.4) is 0 Å². The van der Waals surface area contributed by atoms with E-state index < -0.39 is 23.5 Å². The van der Waals surface area contributed by atoms with Gasteiger partial charge in [-0.2, -0.15) is 0 Å². The van der Waals surface area contributed by atoms with Crippen molar-refractivity contribution in [1.29, 1.82) is 0 Å². The maximum absolute atomic E-state index is 11.8. The minimum Gasteiger partial charge on any atom is -0.480 e. The van der Waals surface area contributed by atoms with Crippen molar-refractivity contribution in [3.63, 3.8) is 0 Å². The minimum absolute atomic E-state index is 0.0595. The second-order valence-electron chi connectivity index (χ2n) is 5.01. The van der Waals surface area contributed by atoms with Gasteiger partial charge in [0.1, 0.15) is 5.54 Å². The number of ether oxygens (including phenoxy) is 1. The van der Waals surface area contributed by atoms with Crippen molar-refractivity contribution in [2.45, 2.75) is 50.5 Å². The first-order chi connectivity index (χ1) is 9.50. The Morgan fingerprint density at radius 3 is 2.25 bits per heavy atom. The number of carboxylic acids is 1. The predicted molar refractivity (Wildman–Crippen MR) is 71.2 cm³/mol. The van der Waals surface area contributed by atoms with Gasteiger partial charge in [-0.25, -0.2) is 9.59 Å². The number of carboxylic acid groups (broad SMARTS) is 1. The maximum Gasteiger partial charge on any atom is 0.329 e. The molecule has 2 amide bonds. The third-order valence-corrected chi connectivity index (χ3v) is 3.56. The first-order valence-corrected chi connectivity index (χ1v) is 6.86. The van der Waals surface area contributed by atoms with Crippen LogP contribution in [0.25, 0.3) is 0 Å². The lowest BCUT2D eigenvalue weighted by Gasteiger charge is -2.29. The second kappa shape index (κ2) is 7.72. The summed E-state index contributed by atoms with van der Waals surface area (Å²) in [6.07, 6.45) is 4.48. The first kappa shape index (κ1) is 16.3. The first-order valence-electron chi connectivity index (χ1n) is 6.86. The quantitative estimate of drug-likeness (QED) is 0.517. The standard InChI is InChI=1S/C13H22N2O5/c1-20-10(16)6-9-14-12(19)15-13(11(17)18)7-4-2-3-5-8-13/h2-9H2,1H3,(H,17,18)(H2,14,15,19). The molecule has 1 saturated carbocycles. The highest BCUT2D eigenvalue weighted by molar-refractivity contribution is 5.86. The molecule has 114 valence electrons. The molecule has 0 atom stereocenters. The summed E-state index contributed by atoms with van der Waals surface area (Å²) >= 11 is 0. The molecule has 0 aromatic heterocycles. The summed E-state index contributed by atoms with van der Waals surface area (Å²) < 4.78 is 4.45. The number of hydrogen-bond donors (Lipinski definition) is 3. The molecule has 0 aromatic rings. The molecule has 1 fully saturated rings. The van der Waals surface area contributed by atoms with Crippen molar-refractivity contribution in [2.75, 3.05) is 13.7 Å². The number of methoxy groups -OCH3 is 1. The molecule has 1 aliphatic rings. The molecule has 7 heteroatoms. The minimum atomic E-state index is -1.19. The van der Waals surface area contributed by atoms with Gasteiger partial charge in [-0.15, -0.1) is 0 Å². The monoisotopic (exact) mass is 286 g/mol. The lowest BCUT2D eigenvalue weighted by atomic mass is 9.90. The van der Waals surface area contributed by atoms with Gasteiger partial charge < -0.3 is 20.5 Å². The fraction of sp³-hybridized carbons (Fsp3) is 0.769. The predicted octanol–water partition coefficient (Wildman–Crippen LogP) is 1.03. The van der Waals surface area contributed by atoms with Crippen LogP contribution in [0.5, 0.6) is 0 Å². The number of hydrogen-bond acceptors (Lipinski definition) is 4. The van der Waals surface area contributed by atoms with Crippen LogP contribution in [-0.2, 0) is 14.3 Å². The average Bonchev–Trinajstić information content (AvgIpc) is 2.65. The van der Waals surface area contributed by atoms with Crippen molar-refractivity contribution in [1.82, 2.24) is 10.6 Å². The van der Waals surface area contributed by atoms with Gasteiger partial charge in [0.05, 0.1) is 13.5 Å². The Balaban J connectivity index is 2.50. The van der Waals surface area contributed by atoms with Gasteiger partial charge in [0.25, 0.3) is 0 Å². The normalized spacial score (nSPS) is 17.6. The molecule has 0 heterocycles. The molecule has 0 radical (unpaired) electrons. The van der Waals surface area contributed by atoms with Gasteiger partial charge in [-0.05, 0) is 12.8 Å². The summed E-state index contributed by atoms with van der Waals surface area (Å²) in [6, 6.07) is -0.557. The van der Waals surface area contributed by atoms with Crippen molar-refractivity contribution >= 4 is 18.0 Å². The van der Waals surface area contributed by atoms with Crippen LogP contribution in [-0.4, -0.2) is 42.3 Å². The Morgan fingerprint density at radius 2 is 1.75 bits per heavy atom. The molecule has 0 unspecified atom stereocenters. The highest BCUT2D eigenvalue weighted by Crippen LogP contribution is 2.27. The number of urea groups is 1. The molecular formula is C13H22N2O5. The van der Waals surface area contributed by atoms with Crippen LogP contribution in [0.2, 0.25) is 0 Å². The van der Waals surface area contributed by atoms with Gasteiger partial charge in [-0.1, -0.05) is 25.7 Å². The Bertz CT molecular complexity index is 362. The summed E-state index contributed by atoms with van der Waals surface area (Å²) in [6.45, 7) is 0.119. The third kappa shape index (κ3) is 4.71. The number of carbonyl (C=O) groups is 3. The highest BCUT2D eigenvalue weighted by atomic mass is 16.5. The van der Waals surface area contributed by atoms with Crippen LogP contribution < -0.4 is 10.6 Å². The largest absolute Gasteiger partial charge is 0.480 e. The maximum atomic E-state index is 11.8. The van der Waals surface area contributed by atoms with E-state index in [2.05, 4.69) is 15.4 Å². The van der Waals surface area contributed by atoms with E-state index in [0.717, 1.165) is 25.7 Å². The number of nitrogens with one attached hydrogen (secondary N) is 2. The Labute approximate surface area is 118 Å². The third-order valence-electron chi connectivity index (χ3n) is 3.56. The lowest BCUT2D eigenvalue weighted by molar-refractivity contribution is -0.145. The Hall–Kier alpha value is -1.79. The van der Waals surface area contributed by atoms with E-state index in [1.165, 1.54) is 7.11 Å². The van der Waals surface area contributed by atoms with E-state index in [4.69, 9.17) is 0 Å². The van der Waals surface area contributed by atoms with Crippen LogP contribution in [0.15, 0.2) is 0 Å². The van der Waals surface area contributed by atoms with Gasteiger partial charge >= 0.3 is 18.0 Å². The molecule has 3 N–H and O–H groups in total. The zero-order chi connectivity index (χ0) is 15.0. The number of rotatable bonds is 5. The van der Waals surface area contributed by atoms with E-state index in [1.807, 2.05) is 0 Å². The molecule has 1 aliphatic carbocycles. The second-order valence-corrected chi connectivity index (χ2v) is 5.01. The van der Waals surface area contributed by atoms with Gasteiger partial charge in [-0.3, -0.25) is 4.79 Å². The van der Waals surface area contributed by atoms with Crippen LogP contribution in [0, 0.1) is 0 Å². The smallest absolute Gasteiger partial charge is 0.329 e. The van der Waals surface area contributed by atoms with E-state index in [0.29, 0.717) is 12.8 Å². The molecule has 0 aliphatic heterocycles. The van der Waals surface area contributed by atoms with Crippen LogP contribution in [0.4, 0.5) is 4.79 Å². The van der Waals surface area contributed by atoms with E-state index in [9.17, 15) is 19.5 Å². The van der Waals surface area contributed by atoms with Crippen molar-refractivity contribution in [3.05, 3.63) is 0 Å².